The summed E-state index contributed by atoms with van der Waals surface area (Å²) in [5.74, 6) is 0.0698. The van der Waals surface area contributed by atoms with E-state index in [4.69, 9.17) is 0 Å². The highest BCUT2D eigenvalue weighted by Gasteiger charge is 2.03. The standard InChI is InChI=1S/C13H12INOS/c14-10-3-1-4-11(9-10)15-13(16)7-6-12-5-2-8-17-12/h1-5,8-9H,6-7H2,(H,15,16). The highest BCUT2D eigenvalue weighted by Crippen LogP contribution is 2.14. The smallest absolute Gasteiger partial charge is 0.224 e. The van der Waals surface area contributed by atoms with Crippen LogP contribution in [0, 0.1) is 3.57 Å². The van der Waals surface area contributed by atoms with E-state index in [1.165, 1.54) is 4.88 Å². The fourth-order valence-corrected chi connectivity index (χ4v) is 2.73. The second-order valence-corrected chi connectivity index (χ2v) is 5.92. The minimum atomic E-state index is 0.0698. The molecule has 1 N–H and O–H groups in total. The van der Waals surface area contributed by atoms with Crippen molar-refractivity contribution in [3.63, 3.8) is 0 Å². The van der Waals surface area contributed by atoms with E-state index in [-0.39, 0.29) is 5.91 Å². The first-order valence-electron chi connectivity index (χ1n) is 5.32. The highest BCUT2D eigenvalue weighted by molar-refractivity contribution is 14.1. The number of hydrogen-bond donors (Lipinski definition) is 1. The molecule has 2 nitrogen and oxygen atoms in total. The summed E-state index contributed by atoms with van der Waals surface area (Å²) in [7, 11) is 0. The molecule has 1 amide bonds. The summed E-state index contributed by atoms with van der Waals surface area (Å²) in [5.41, 5.74) is 0.869. The number of hydrogen-bond acceptors (Lipinski definition) is 2. The molecule has 0 radical (unpaired) electrons. The molecule has 1 heterocycles. The third-order valence-corrected chi connectivity index (χ3v) is 3.89. The summed E-state index contributed by atoms with van der Waals surface area (Å²) in [5, 5.41) is 4.94. The molecule has 0 saturated heterocycles. The fraction of sp³-hybridized carbons (Fsp3) is 0.154. The van der Waals surface area contributed by atoms with Crippen molar-refractivity contribution in [2.24, 2.45) is 0 Å². The molecule has 0 atom stereocenters. The lowest BCUT2D eigenvalue weighted by atomic mass is 10.2. The van der Waals surface area contributed by atoms with E-state index >= 15 is 0 Å². The molecule has 1 aromatic heterocycles. The average molecular weight is 357 g/mol. The number of anilines is 1. The summed E-state index contributed by atoms with van der Waals surface area (Å²) in [6.45, 7) is 0. The van der Waals surface area contributed by atoms with E-state index in [0.717, 1.165) is 15.7 Å². The van der Waals surface area contributed by atoms with Crippen molar-refractivity contribution in [1.29, 1.82) is 0 Å². The Hall–Kier alpha value is -0.880. The molecule has 0 aliphatic heterocycles. The molecular weight excluding hydrogens is 345 g/mol. The molecule has 2 aromatic rings. The van der Waals surface area contributed by atoms with Crippen molar-refractivity contribution in [1.82, 2.24) is 0 Å². The van der Waals surface area contributed by atoms with Gasteiger partial charge in [0, 0.05) is 20.6 Å². The second kappa shape index (κ2) is 6.16. The Balaban J connectivity index is 1.85. The third-order valence-electron chi connectivity index (χ3n) is 2.29. The maximum Gasteiger partial charge on any atom is 0.224 e. The fourth-order valence-electron chi connectivity index (χ4n) is 1.48. The minimum Gasteiger partial charge on any atom is -0.326 e. The second-order valence-electron chi connectivity index (χ2n) is 3.64. The maximum atomic E-state index is 11.7. The first kappa shape index (κ1) is 12.6. The molecule has 2 rings (SSSR count). The average Bonchev–Trinajstić information content (AvgIpc) is 2.79. The van der Waals surface area contributed by atoms with E-state index in [1.54, 1.807) is 11.3 Å². The minimum absolute atomic E-state index is 0.0698. The van der Waals surface area contributed by atoms with Gasteiger partial charge in [0.1, 0.15) is 0 Å². The lowest BCUT2D eigenvalue weighted by molar-refractivity contribution is -0.116. The van der Waals surface area contributed by atoms with Crippen molar-refractivity contribution in [3.8, 4) is 0 Å². The summed E-state index contributed by atoms with van der Waals surface area (Å²) in [6, 6.07) is 11.9. The van der Waals surface area contributed by atoms with E-state index in [0.29, 0.717) is 6.42 Å². The van der Waals surface area contributed by atoms with Gasteiger partial charge < -0.3 is 5.32 Å². The molecule has 0 aliphatic carbocycles. The molecule has 0 fully saturated rings. The quantitative estimate of drug-likeness (QED) is 0.826. The summed E-state index contributed by atoms with van der Waals surface area (Å²) >= 11 is 3.92. The first-order chi connectivity index (χ1) is 8.24. The number of halogens is 1. The summed E-state index contributed by atoms with van der Waals surface area (Å²) in [4.78, 5) is 13.0. The van der Waals surface area contributed by atoms with Gasteiger partial charge in [-0.2, -0.15) is 0 Å². The first-order valence-corrected chi connectivity index (χ1v) is 7.28. The van der Waals surface area contributed by atoms with Gasteiger partial charge in [-0.1, -0.05) is 12.1 Å². The predicted octanol–water partition coefficient (Wildman–Crippen LogP) is 3.92. The zero-order chi connectivity index (χ0) is 12.1. The number of rotatable bonds is 4. The van der Waals surface area contributed by atoms with Crippen LogP contribution >= 0.6 is 33.9 Å². The number of aryl methyl sites for hydroxylation is 1. The molecule has 0 aliphatic rings. The molecule has 88 valence electrons. The normalized spacial score (nSPS) is 10.2. The third kappa shape index (κ3) is 4.12. The monoisotopic (exact) mass is 357 g/mol. The van der Waals surface area contributed by atoms with Gasteiger partial charge in [-0.05, 0) is 58.7 Å². The maximum absolute atomic E-state index is 11.7. The molecule has 0 unspecified atom stereocenters. The van der Waals surface area contributed by atoms with Crippen LogP contribution in [0.4, 0.5) is 5.69 Å². The molecule has 17 heavy (non-hydrogen) atoms. The van der Waals surface area contributed by atoms with Crippen LogP contribution in [-0.2, 0) is 11.2 Å². The van der Waals surface area contributed by atoms with Crippen molar-refractivity contribution in [2.45, 2.75) is 12.8 Å². The Labute approximate surface area is 118 Å². The molecule has 1 aromatic carbocycles. The van der Waals surface area contributed by atoms with Gasteiger partial charge in [0.15, 0.2) is 0 Å². The van der Waals surface area contributed by atoms with Gasteiger partial charge in [-0.3, -0.25) is 4.79 Å². The van der Waals surface area contributed by atoms with Gasteiger partial charge in [0.05, 0.1) is 0 Å². The lowest BCUT2D eigenvalue weighted by Crippen LogP contribution is -2.12. The van der Waals surface area contributed by atoms with Crippen LogP contribution < -0.4 is 5.32 Å². The van der Waals surface area contributed by atoms with Crippen LogP contribution in [0.3, 0.4) is 0 Å². The van der Waals surface area contributed by atoms with Crippen molar-refractivity contribution in [2.75, 3.05) is 5.32 Å². The topological polar surface area (TPSA) is 29.1 Å². The van der Waals surface area contributed by atoms with Crippen LogP contribution in [0.1, 0.15) is 11.3 Å². The Kier molecular flexibility index (Phi) is 4.56. The zero-order valence-electron chi connectivity index (χ0n) is 9.15. The number of amides is 1. The van der Waals surface area contributed by atoms with Gasteiger partial charge >= 0.3 is 0 Å². The Morgan fingerprint density at radius 1 is 1.29 bits per heavy atom. The van der Waals surface area contributed by atoms with Gasteiger partial charge in [0.2, 0.25) is 5.91 Å². The SMILES string of the molecule is O=C(CCc1cccs1)Nc1cccc(I)c1. The molecule has 0 bridgehead atoms. The van der Waals surface area contributed by atoms with Crippen LogP contribution in [0.25, 0.3) is 0 Å². The van der Waals surface area contributed by atoms with E-state index in [9.17, 15) is 4.79 Å². The number of carbonyl (C=O) groups is 1. The van der Waals surface area contributed by atoms with Gasteiger partial charge in [-0.25, -0.2) is 0 Å². The van der Waals surface area contributed by atoms with Crippen LogP contribution in [0.15, 0.2) is 41.8 Å². The summed E-state index contributed by atoms with van der Waals surface area (Å²) < 4.78 is 1.12. The highest BCUT2D eigenvalue weighted by atomic mass is 127. The number of carbonyl (C=O) groups excluding carboxylic acids is 1. The molecule has 4 heteroatoms. The number of benzene rings is 1. The van der Waals surface area contributed by atoms with Crippen LogP contribution in [0.5, 0.6) is 0 Å². The van der Waals surface area contributed by atoms with Gasteiger partial charge in [0.25, 0.3) is 0 Å². The number of nitrogens with one attached hydrogen (secondary N) is 1. The Bertz CT molecular complexity index is 496. The number of thiophene rings is 1. The van der Waals surface area contributed by atoms with Crippen molar-refractivity contribution in [3.05, 3.63) is 50.2 Å². The van der Waals surface area contributed by atoms with Gasteiger partial charge in [-0.15, -0.1) is 11.3 Å². The lowest BCUT2D eigenvalue weighted by Gasteiger charge is -2.04. The predicted molar refractivity (Wildman–Crippen MR) is 80.4 cm³/mol. The molecule has 0 spiro atoms. The molecular formula is C13H12INOS. The van der Waals surface area contributed by atoms with Crippen LogP contribution in [-0.4, -0.2) is 5.91 Å². The van der Waals surface area contributed by atoms with E-state index in [1.807, 2.05) is 35.7 Å². The molecule has 0 saturated carbocycles. The largest absolute Gasteiger partial charge is 0.326 e. The zero-order valence-corrected chi connectivity index (χ0v) is 12.1. The van der Waals surface area contributed by atoms with Crippen molar-refractivity contribution >= 4 is 45.5 Å². The Morgan fingerprint density at radius 3 is 2.88 bits per heavy atom. The Morgan fingerprint density at radius 2 is 2.18 bits per heavy atom. The van der Waals surface area contributed by atoms with E-state index < -0.39 is 0 Å². The van der Waals surface area contributed by atoms with Crippen LogP contribution in [0.2, 0.25) is 0 Å². The van der Waals surface area contributed by atoms with Crippen molar-refractivity contribution < 1.29 is 4.79 Å². The summed E-state index contributed by atoms with van der Waals surface area (Å²) in [6.07, 6.45) is 1.35. The van der Waals surface area contributed by atoms with E-state index in [2.05, 4.69) is 34.0 Å².